The maximum Gasteiger partial charge on any atom is 0.239 e. The standard InChI is InChI=1S/C16H25N3O2/c1-21-10-4-9-18-16(20)12-19-11-13(7-8-17)14-5-2-3-6-15(14)19/h2-3,5-6,13H,4,7-12,17H2,1H3,(H,18,20). The summed E-state index contributed by atoms with van der Waals surface area (Å²) in [7, 11) is 1.67. The Morgan fingerprint density at radius 1 is 1.48 bits per heavy atom. The number of anilines is 1. The SMILES string of the molecule is COCCCNC(=O)CN1CC(CCN)c2ccccc21. The second-order valence-electron chi connectivity index (χ2n) is 5.41. The van der Waals surface area contributed by atoms with Crippen molar-refractivity contribution in [2.75, 3.05) is 44.8 Å². The molecule has 0 bridgehead atoms. The molecular weight excluding hydrogens is 266 g/mol. The number of benzene rings is 1. The largest absolute Gasteiger partial charge is 0.385 e. The molecule has 1 aliphatic rings. The summed E-state index contributed by atoms with van der Waals surface area (Å²) in [6, 6.07) is 8.31. The number of nitrogens with one attached hydrogen (secondary N) is 1. The maximum absolute atomic E-state index is 12.0. The first-order valence-corrected chi connectivity index (χ1v) is 7.55. The Labute approximate surface area is 126 Å². The van der Waals surface area contributed by atoms with Gasteiger partial charge in [-0.25, -0.2) is 0 Å². The third kappa shape index (κ3) is 4.19. The molecule has 0 saturated heterocycles. The van der Waals surface area contributed by atoms with Gasteiger partial charge in [0.25, 0.3) is 0 Å². The van der Waals surface area contributed by atoms with Gasteiger partial charge in [0.05, 0.1) is 6.54 Å². The summed E-state index contributed by atoms with van der Waals surface area (Å²) in [6.07, 6.45) is 1.80. The van der Waals surface area contributed by atoms with Gasteiger partial charge in [-0.05, 0) is 31.0 Å². The number of hydrogen-bond donors (Lipinski definition) is 2. The van der Waals surface area contributed by atoms with Crippen molar-refractivity contribution in [3.8, 4) is 0 Å². The van der Waals surface area contributed by atoms with Crippen molar-refractivity contribution in [2.24, 2.45) is 5.73 Å². The number of amides is 1. The summed E-state index contributed by atoms with van der Waals surface area (Å²) in [5.41, 5.74) is 8.18. The lowest BCUT2D eigenvalue weighted by Gasteiger charge is -2.19. The molecule has 21 heavy (non-hydrogen) atoms. The van der Waals surface area contributed by atoms with Gasteiger partial charge in [-0.1, -0.05) is 18.2 Å². The smallest absolute Gasteiger partial charge is 0.239 e. The Morgan fingerprint density at radius 3 is 3.05 bits per heavy atom. The van der Waals surface area contributed by atoms with Crippen LogP contribution in [-0.2, 0) is 9.53 Å². The van der Waals surface area contributed by atoms with Crippen LogP contribution in [0, 0.1) is 0 Å². The van der Waals surface area contributed by atoms with Crippen LogP contribution in [0.2, 0.25) is 0 Å². The van der Waals surface area contributed by atoms with Crippen LogP contribution in [0.4, 0.5) is 5.69 Å². The van der Waals surface area contributed by atoms with Gasteiger partial charge in [0.2, 0.25) is 5.91 Å². The molecule has 1 aromatic carbocycles. The number of nitrogens with zero attached hydrogens (tertiary/aromatic N) is 1. The van der Waals surface area contributed by atoms with Crippen LogP contribution < -0.4 is 16.0 Å². The molecule has 0 saturated carbocycles. The number of para-hydroxylation sites is 1. The normalized spacial score (nSPS) is 16.9. The fourth-order valence-electron chi connectivity index (χ4n) is 2.85. The predicted octanol–water partition coefficient (Wildman–Crippen LogP) is 1.09. The summed E-state index contributed by atoms with van der Waals surface area (Å²) >= 11 is 0. The first kappa shape index (κ1) is 15.8. The van der Waals surface area contributed by atoms with E-state index in [0.29, 0.717) is 32.2 Å². The van der Waals surface area contributed by atoms with E-state index >= 15 is 0 Å². The van der Waals surface area contributed by atoms with Crippen LogP contribution in [0.5, 0.6) is 0 Å². The van der Waals surface area contributed by atoms with Crippen molar-refractivity contribution < 1.29 is 9.53 Å². The molecule has 5 nitrogen and oxygen atoms in total. The van der Waals surface area contributed by atoms with E-state index in [9.17, 15) is 4.79 Å². The first-order chi connectivity index (χ1) is 10.3. The Morgan fingerprint density at radius 2 is 2.29 bits per heavy atom. The number of carbonyl (C=O) groups excluding carboxylic acids is 1. The van der Waals surface area contributed by atoms with Gasteiger partial charge in [-0.3, -0.25) is 4.79 Å². The van der Waals surface area contributed by atoms with Gasteiger partial charge in [0, 0.05) is 38.4 Å². The van der Waals surface area contributed by atoms with Crippen LogP contribution >= 0.6 is 0 Å². The molecule has 116 valence electrons. The highest BCUT2D eigenvalue weighted by atomic mass is 16.5. The van der Waals surface area contributed by atoms with Gasteiger partial charge < -0.3 is 20.7 Å². The number of hydrogen-bond acceptors (Lipinski definition) is 4. The van der Waals surface area contributed by atoms with E-state index < -0.39 is 0 Å². The maximum atomic E-state index is 12.0. The third-order valence-corrected chi connectivity index (χ3v) is 3.86. The molecule has 1 unspecified atom stereocenters. The van der Waals surface area contributed by atoms with E-state index in [1.165, 1.54) is 11.3 Å². The molecule has 1 heterocycles. The first-order valence-electron chi connectivity index (χ1n) is 7.55. The monoisotopic (exact) mass is 291 g/mol. The summed E-state index contributed by atoms with van der Waals surface area (Å²) in [4.78, 5) is 14.2. The molecule has 0 spiro atoms. The number of nitrogens with two attached hydrogens (primary N) is 1. The Bertz CT molecular complexity index is 465. The number of carbonyl (C=O) groups is 1. The average molecular weight is 291 g/mol. The minimum atomic E-state index is 0.0642. The van der Waals surface area contributed by atoms with Gasteiger partial charge in [-0.15, -0.1) is 0 Å². The van der Waals surface area contributed by atoms with Gasteiger partial charge in [0.15, 0.2) is 0 Å². The zero-order chi connectivity index (χ0) is 15.1. The second-order valence-corrected chi connectivity index (χ2v) is 5.41. The predicted molar refractivity (Wildman–Crippen MR) is 84.6 cm³/mol. The van der Waals surface area contributed by atoms with Crippen molar-refractivity contribution in [1.29, 1.82) is 0 Å². The lowest BCUT2D eigenvalue weighted by Crippen LogP contribution is -2.37. The minimum absolute atomic E-state index is 0.0642. The lowest BCUT2D eigenvalue weighted by molar-refractivity contribution is -0.119. The van der Waals surface area contributed by atoms with Crippen LogP contribution in [0.15, 0.2) is 24.3 Å². The highest BCUT2D eigenvalue weighted by Gasteiger charge is 2.28. The summed E-state index contributed by atoms with van der Waals surface area (Å²) in [5, 5.41) is 2.94. The van der Waals surface area contributed by atoms with Gasteiger partial charge >= 0.3 is 0 Å². The van der Waals surface area contributed by atoms with Crippen LogP contribution in [0.1, 0.15) is 24.3 Å². The molecular formula is C16H25N3O2. The molecule has 0 aliphatic carbocycles. The van der Waals surface area contributed by atoms with Crippen molar-refractivity contribution in [1.82, 2.24) is 5.32 Å². The molecule has 0 radical (unpaired) electrons. The Kier molecular flexibility index (Phi) is 6.02. The highest BCUT2D eigenvalue weighted by molar-refractivity contribution is 5.82. The van der Waals surface area contributed by atoms with E-state index in [1.807, 2.05) is 6.07 Å². The number of fused-ring (bicyclic) bond motifs is 1. The van der Waals surface area contributed by atoms with E-state index in [2.05, 4.69) is 28.4 Å². The molecule has 0 fully saturated rings. The minimum Gasteiger partial charge on any atom is -0.385 e. The molecule has 2 rings (SSSR count). The Hall–Kier alpha value is -1.59. The molecule has 1 atom stereocenters. The van der Waals surface area contributed by atoms with Crippen molar-refractivity contribution in [3.05, 3.63) is 29.8 Å². The van der Waals surface area contributed by atoms with Crippen molar-refractivity contribution >= 4 is 11.6 Å². The van der Waals surface area contributed by atoms with Crippen molar-refractivity contribution in [3.63, 3.8) is 0 Å². The Balaban J connectivity index is 1.90. The molecule has 1 aliphatic heterocycles. The van der Waals surface area contributed by atoms with Gasteiger partial charge in [-0.2, -0.15) is 0 Å². The van der Waals surface area contributed by atoms with Crippen LogP contribution in [-0.4, -0.2) is 45.8 Å². The fraction of sp³-hybridized carbons (Fsp3) is 0.562. The topological polar surface area (TPSA) is 67.6 Å². The van der Waals surface area contributed by atoms with E-state index in [-0.39, 0.29) is 5.91 Å². The summed E-state index contributed by atoms with van der Waals surface area (Å²) in [6.45, 7) is 3.29. The van der Waals surface area contributed by atoms with Crippen LogP contribution in [0.3, 0.4) is 0 Å². The molecule has 0 aromatic heterocycles. The van der Waals surface area contributed by atoms with E-state index in [4.69, 9.17) is 10.5 Å². The molecule has 1 aromatic rings. The zero-order valence-electron chi connectivity index (χ0n) is 12.7. The van der Waals surface area contributed by atoms with Crippen molar-refractivity contribution in [2.45, 2.75) is 18.8 Å². The number of ether oxygens (including phenoxy) is 1. The highest BCUT2D eigenvalue weighted by Crippen LogP contribution is 2.37. The summed E-state index contributed by atoms with van der Waals surface area (Å²) in [5.74, 6) is 0.502. The number of methoxy groups -OCH3 is 1. The zero-order valence-corrected chi connectivity index (χ0v) is 12.7. The van der Waals surface area contributed by atoms with Gasteiger partial charge in [0.1, 0.15) is 0 Å². The molecule has 3 N–H and O–H groups in total. The lowest BCUT2D eigenvalue weighted by atomic mass is 9.98. The quantitative estimate of drug-likeness (QED) is 0.704. The average Bonchev–Trinajstić information content (AvgIpc) is 2.83. The fourth-order valence-corrected chi connectivity index (χ4v) is 2.85. The van der Waals surface area contributed by atoms with E-state index in [1.54, 1.807) is 7.11 Å². The molecule has 1 amide bonds. The van der Waals surface area contributed by atoms with E-state index in [0.717, 1.165) is 19.4 Å². The number of rotatable bonds is 8. The van der Waals surface area contributed by atoms with Crippen LogP contribution in [0.25, 0.3) is 0 Å². The summed E-state index contributed by atoms with van der Waals surface area (Å²) < 4.78 is 4.97. The molecule has 5 heteroatoms. The third-order valence-electron chi connectivity index (χ3n) is 3.86. The second kappa shape index (κ2) is 8.00.